The Kier molecular flexibility index (Phi) is 7.56. The van der Waals surface area contributed by atoms with Crippen molar-refractivity contribution in [2.24, 2.45) is 0 Å². The van der Waals surface area contributed by atoms with E-state index in [1.165, 1.54) is 18.2 Å². The molecule has 0 aliphatic heterocycles. The maximum atomic E-state index is 13.4. The van der Waals surface area contributed by atoms with Crippen molar-refractivity contribution in [1.29, 1.82) is 0 Å². The van der Waals surface area contributed by atoms with E-state index in [9.17, 15) is 14.0 Å². The Morgan fingerprint density at radius 3 is 2.61 bits per heavy atom. The standard InChI is InChI=1S/C27H23ClFN5O2/c1-3-26(35)32-15-20-14-31-25(18-4-6-22(29)7-5-18)13-23(20)24-8-9-34(33-24)16-17-10-19(27(36)30-2)12-21(28)11-17/h3-14H,1,15-16H2,2H3,(H,30,36)(H,32,35). The van der Waals surface area contributed by atoms with Crippen molar-refractivity contribution in [3.05, 3.63) is 107 Å². The fraction of sp³-hybridized carbons (Fsp3) is 0.111. The van der Waals surface area contributed by atoms with Gasteiger partial charge in [-0.25, -0.2) is 4.39 Å². The number of hydrogen-bond acceptors (Lipinski definition) is 4. The van der Waals surface area contributed by atoms with E-state index < -0.39 is 0 Å². The Labute approximate surface area is 212 Å². The van der Waals surface area contributed by atoms with Crippen LogP contribution in [0.5, 0.6) is 0 Å². The van der Waals surface area contributed by atoms with Crippen molar-refractivity contribution in [3.8, 4) is 22.5 Å². The Hall–Kier alpha value is -4.30. The average Bonchev–Trinajstić information content (AvgIpc) is 3.35. The van der Waals surface area contributed by atoms with E-state index in [-0.39, 0.29) is 24.2 Å². The van der Waals surface area contributed by atoms with E-state index in [4.69, 9.17) is 16.7 Å². The molecule has 182 valence electrons. The van der Waals surface area contributed by atoms with Gasteiger partial charge in [-0.15, -0.1) is 0 Å². The monoisotopic (exact) mass is 503 g/mol. The third kappa shape index (κ3) is 5.84. The summed E-state index contributed by atoms with van der Waals surface area (Å²) in [5.41, 5.74) is 4.86. The zero-order valence-electron chi connectivity index (χ0n) is 19.5. The summed E-state index contributed by atoms with van der Waals surface area (Å²) in [5, 5.41) is 10.5. The molecule has 0 unspecified atom stereocenters. The SMILES string of the molecule is C=CC(=O)NCc1cnc(-c2ccc(F)cc2)cc1-c1ccn(Cc2cc(Cl)cc(C(=O)NC)c2)n1. The number of nitrogens with zero attached hydrogens (tertiary/aromatic N) is 3. The van der Waals surface area contributed by atoms with Crippen molar-refractivity contribution in [2.45, 2.75) is 13.1 Å². The molecule has 0 aliphatic carbocycles. The molecule has 0 bridgehead atoms. The molecule has 0 radical (unpaired) electrons. The predicted octanol–water partition coefficient (Wildman–Crippen LogP) is 4.61. The number of halogens is 2. The van der Waals surface area contributed by atoms with Gasteiger partial charge in [0.25, 0.3) is 5.91 Å². The molecular weight excluding hydrogens is 481 g/mol. The van der Waals surface area contributed by atoms with Crippen LogP contribution in [-0.4, -0.2) is 33.6 Å². The van der Waals surface area contributed by atoms with E-state index in [0.29, 0.717) is 28.5 Å². The Morgan fingerprint density at radius 1 is 1.11 bits per heavy atom. The molecule has 0 fully saturated rings. The maximum Gasteiger partial charge on any atom is 0.251 e. The van der Waals surface area contributed by atoms with E-state index >= 15 is 0 Å². The quantitative estimate of drug-likeness (QED) is 0.343. The summed E-state index contributed by atoms with van der Waals surface area (Å²) >= 11 is 6.22. The van der Waals surface area contributed by atoms with Crippen molar-refractivity contribution < 1.29 is 14.0 Å². The fourth-order valence-corrected chi connectivity index (χ4v) is 3.95. The second-order valence-corrected chi connectivity index (χ2v) is 8.42. The van der Waals surface area contributed by atoms with E-state index in [2.05, 4.69) is 22.2 Å². The first kappa shape index (κ1) is 24.8. The van der Waals surface area contributed by atoms with Crippen LogP contribution in [0.4, 0.5) is 4.39 Å². The van der Waals surface area contributed by atoms with Crippen molar-refractivity contribution in [1.82, 2.24) is 25.4 Å². The number of carbonyl (C=O) groups excluding carboxylic acids is 2. The second-order valence-electron chi connectivity index (χ2n) is 7.98. The molecule has 0 aliphatic rings. The lowest BCUT2D eigenvalue weighted by molar-refractivity contribution is -0.116. The van der Waals surface area contributed by atoms with Crippen LogP contribution >= 0.6 is 11.6 Å². The molecule has 9 heteroatoms. The number of hydrogen-bond donors (Lipinski definition) is 2. The predicted molar refractivity (Wildman–Crippen MR) is 137 cm³/mol. The highest BCUT2D eigenvalue weighted by molar-refractivity contribution is 6.31. The molecule has 2 aromatic carbocycles. The molecule has 4 rings (SSSR count). The highest BCUT2D eigenvalue weighted by atomic mass is 35.5. The van der Waals surface area contributed by atoms with Crippen LogP contribution in [0, 0.1) is 5.82 Å². The van der Waals surface area contributed by atoms with E-state index in [0.717, 1.165) is 22.3 Å². The average molecular weight is 504 g/mol. The molecule has 0 atom stereocenters. The van der Waals surface area contributed by atoms with Crippen LogP contribution in [0.15, 0.2) is 79.6 Å². The smallest absolute Gasteiger partial charge is 0.251 e. The molecule has 36 heavy (non-hydrogen) atoms. The molecular formula is C27H23ClFN5O2. The summed E-state index contributed by atoms with van der Waals surface area (Å²) in [7, 11) is 1.56. The minimum Gasteiger partial charge on any atom is -0.355 e. The molecule has 0 saturated heterocycles. The summed E-state index contributed by atoms with van der Waals surface area (Å²) in [6.45, 7) is 4.10. The minimum absolute atomic E-state index is 0.226. The number of amides is 2. The summed E-state index contributed by atoms with van der Waals surface area (Å²) in [5.74, 6) is -0.861. The van der Waals surface area contributed by atoms with Gasteiger partial charge in [0.05, 0.1) is 17.9 Å². The lowest BCUT2D eigenvalue weighted by Gasteiger charge is -2.11. The van der Waals surface area contributed by atoms with Crippen LogP contribution in [0.2, 0.25) is 5.02 Å². The van der Waals surface area contributed by atoms with Gasteiger partial charge in [0.2, 0.25) is 5.91 Å². The van der Waals surface area contributed by atoms with Gasteiger partial charge in [-0.1, -0.05) is 18.2 Å². The van der Waals surface area contributed by atoms with Crippen molar-refractivity contribution in [3.63, 3.8) is 0 Å². The third-order valence-corrected chi connectivity index (χ3v) is 5.69. The summed E-state index contributed by atoms with van der Waals surface area (Å²) < 4.78 is 15.1. The number of aromatic nitrogens is 3. The second kappa shape index (κ2) is 11.0. The Balaban J connectivity index is 1.67. The maximum absolute atomic E-state index is 13.4. The zero-order chi connectivity index (χ0) is 25.7. The van der Waals surface area contributed by atoms with Gasteiger partial charge in [-0.2, -0.15) is 5.10 Å². The van der Waals surface area contributed by atoms with Gasteiger partial charge in [0, 0.05) is 47.7 Å². The molecule has 2 aromatic heterocycles. The highest BCUT2D eigenvalue weighted by Crippen LogP contribution is 2.28. The fourth-order valence-electron chi connectivity index (χ4n) is 3.69. The molecule has 2 N–H and O–H groups in total. The molecule has 4 aromatic rings. The van der Waals surface area contributed by atoms with Crippen molar-refractivity contribution in [2.75, 3.05) is 7.05 Å². The Morgan fingerprint density at radius 2 is 1.89 bits per heavy atom. The van der Waals surface area contributed by atoms with Crippen LogP contribution in [-0.2, 0) is 17.9 Å². The zero-order valence-corrected chi connectivity index (χ0v) is 20.2. The number of pyridine rings is 1. The van der Waals surface area contributed by atoms with Crippen LogP contribution in [0.3, 0.4) is 0 Å². The number of nitrogens with one attached hydrogen (secondary N) is 2. The molecule has 2 heterocycles. The highest BCUT2D eigenvalue weighted by Gasteiger charge is 2.14. The van der Waals surface area contributed by atoms with Crippen LogP contribution in [0.25, 0.3) is 22.5 Å². The number of benzene rings is 2. The third-order valence-electron chi connectivity index (χ3n) is 5.47. The first-order valence-corrected chi connectivity index (χ1v) is 11.4. The van der Waals surface area contributed by atoms with E-state index in [1.54, 1.807) is 48.3 Å². The number of carbonyl (C=O) groups is 2. The van der Waals surface area contributed by atoms with Gasteiger partial charge in [-0.05, 0) is 71.8 Å². The lowest BCUT2D eigenvalue weighted by atomic mass is 10.0. The van der Waals surface area contributed by atoms with Gasteiger partial charge in [-0.3, -0.25) is 19.3 Å². The summed E-state index contributed by atoms with van der Waals surface area (Å²) in [6.07, 6.45) is 4.69. The first-order valence-electron chi connectivity index (χ1n) is 11.1. The largest absolute Gasteiger partial charge is 0.355 e. The van der Waals surface area contributed by atoms with Crippen molar-refractivity contribution >= 4 is 23.4 Å². The summed E-state index contributed by atoms with van der Waals surface area (Å²) in [4.78, 5) is 28.3. The Bertz CT molecular complexity index is 1430. The van der Waals surface area contributed by atoms with Gasteiger partial charge in [0.15, 0.2) is 0 Å². The lowest BCUT2D eigenvalue weighted by Crippen LogP contribution is -2.20. The number of rotatable bonds is 8. The molecule has 2 amide bonds. The first-order chi connectivity index (χ1) is 17.4. The molecule has 0 saturated carbocycles. The van der Waals surface area contributed by atoms with Gasteiger partial charge < -0.3 is 10.6 Å². The topological polar surface area (TPSA) is 88.9 Å². The normalized spacial score (nSPS) is 10.6. The van der Waals surface area contributed by atoms with Gasteiger partial charge >= 0.3 is 0 Å². The molecule has 7 nitrogen and oxygen atoms in total. The van der Waals surface area contributed by atoms with E-state index in [1.807, 2.05) is 18.3 Å². The van der Waals surface area contributed by atoms with Gasteiger partial charge in [0.1, 0.15) is 5.82 Å². The van der Waals surface area contributed by atoms with Crippen LogP contribution in [0.1, 0.15) is 21.5 Å². The molecule has 0 spiro atoms. The minimum atomic E-state index is -0.331. The van der Waals surface area contributed by atoms with Crippen LogP contribution < -0.4 is 10.6 Å². The summed E-state index contributed by atoms with van der Waals surface area (Å²) in [6, 6.07) is 14.9.